The molecule has 0 atom stereocenters. The summed E-state index contributed by atoms with van der Waals surface area (Å²) in [7, 11) is 0. The summed E-state index contributed by atoms with van der Waals surface area (Å²) in [5.74, 6) is 0.206. The second-order valence-electron chi connectivity index (χ2n) is 5.93. The molecule has 0 radical (unpaired) electrons. The molecule has 2 heterocycles. The van der Waals surface area contributed by atoms with E-state index in [1.54, 1.807) is 54.9 Å². The summed E-state index contributed by atoms with van der Waals surface area (Å²) in [6.07, 6.45) is 6.38. The Morgan fingerprint density at radius 1 is 1.04 bits per heavy atom. The summed E-state index contributed by atoms with van der Waals surface area (Å²) in [6, 6.07) is 14.0. The number of benzene rings is 2. The van der Waals surface area contributed by atoms with Crippen LogP contribution in [0.2, 0.25) is 10.0 Å². The van der Waals surface area contributed by atoms with E-state index in [4.69, 9.17) is 27.6 Å². The number of halogens is 2. The lowest BCUT2D eigenvalue weighted by molar-refractivity contribution is -0.111. The molecule has 0 saturated carbocycles. The minimum absolute atomic E-state index is 0.292. The molecular formula is C21H13Cl2N3O2. The van der Waals surface area contributed by atoms with E-state index >= 15 is 0 Å². The summed E-state index contributed by atoms with van der Waals surface area (Å²) < 4.78 is 5.79. The molecule has 0 aliphatic carbocycles. The number of anilines is 1. The minimum Gasteiger partial charge on any atom is -0.436 e. The molecule has 1 N–H and O–H groups in total. The monoisotopic (exact) mass is 409 g/mol. The van der Waals surface area contributed by atoms with Crippen LogP contribution in [0.25, 0.3) is 28.6 Å². The zero-order valence-corrected chi connectivity index (χ0v) is 15.9. The van der Waals surface area contributed by atoms with Crippen LogP contribution in [0, 0.1) is 0 Å². The maximum absolute atomic E-state index is 12.2. The summed E-state index contributed by atoms with van der Waals surface area (Å²) in [4.78, 5) is 20.6. The number of hydrogen-bond donors (Lipinski definition) is 1. The van der Waals surface area contributed by atoms with Gasteiger partial charge in [0.05, 0.1) is 0 Å². The molecule has 5 nitrogen and oxygen atoms in total. The van der Waals surface area contributed by atoms with Gasteiger partial charge in [0.2, 0.25) is 11.8 Å². The first kappa shape index (κ1) is 18.2. The normalized spacial score (nSPS) is 11.2. The van der Waals surface area contributed by atoms with E-state index in [1.165, 1.54) is 6.08 Å². The van der Waals surface area contributed by atoms with Crippen molar-refractivity contribution in [1.82, 2.24) is 9.97 Å². The number of aromatic nitrogens is 2. The van der Waals surface area contributed by atoms with Crippen molar-refractivity contribution in [2.75, 3.05) is 5.32 Å². The number of oxazole rings is 1. The van der Waals surface area contributed by atoms with Gasteiger partial charge in [-0.15, -0.1) is 0 Å². The van der Waals surface area contributed by atoms with Gasteiger partial charge in [-0.1, -0.05) is 29.3 Å². The number of hydrogen-bond acceptors (Lipinski definition) is 4. The summed E-state index contributed by atoms with van der Waals surface area (Å²) in [5, 5.41) is 3.81. The van der Waals surface area contributed by atoms with Crippen molar-refractivity contribution in [3.63, 3.8) is 0 Å². The molecule has 28 heavy (non-hydrogen) atoms. The van der Waals surface area contributed by atoms with Crippen molar-refractivity contribution in [1.29, 1.82) is 0 Å². The summed E-state index contributed by atoms with van der Waals surface area (Å²) >= 11 is 12.0. The highest BCUT2D eigenvalue weighted by molar-refractivity contribution is 6.35. The van der Waals surface area contributed by atoms with E-state index in [2.05, 4.69) is 15.3 Å². The van der Waals surface area contributed by atoms with Gasteiger partial charge in [-0.2, -0.15) is 0 Å². The maximum Gasteiger partial charge on any atom is 0.248 e. The average molecular weight is 410 g/mol. The molecule has 0 aliphatic heterocycles. The third kappa shape index (κ3) is 4.06. The lowest BCUT2D eigenvalue weighted by Gasteiger charge is -2.02. The van der Waals surface area contributed by atoms with E-state index in [1.807, 2.05) is 12.1 Å². The Balaban J connectivity index is 1.51. The quantitative estimate of drug-likeness (QED) is 0.429. The fourth-order valence-corrected chi connectivity index (χ4v) is 3.08. The van der Waals surface area contributed by atoms with Crippen LogP contribution in [0.4, 0.5) is 5.69 Å². The molecule has 0 unspecified atom stereocenters. The van der Waals surface area contributed by atoms with E-state index in [0.29, 0.717) is 38.3 Å². The maximum atomic E-state index is 12.2. The van der Waals surface area contributed by atoms with E-state index in [-0.39, 0.29) is 5.91 Å². The van der Waals surface area contributed by atoms with Crippen molar-refractivity contribution < 1.29 is 9.21 Å². The molecule has 7 heteroatoms. The lowest BCUT2D eigenvalue weighted by atomic mass is 10.2. The van der Waals surface area contributed by atoms with Crippen molar-refractivity contribution in [2.45, 2.75) is 0 Å². The summed E-state index contributed by atoms with van der Waals surface area (Å²) in [5.41, 5.74) is 3.41. The minimum atomic E-state index is -0.292. The third-order valence-corrected chi connectivity index (χ3v) is 4.52. The summed E-state index contributed by atoms with van der Waals surface area (Å²) in [6.45, 7) is 0. The molecule has 2 aromatic carbocycles. The van der Waals surface area contributed by atoms with E-state index in [9.17, 15) is 4.79 Å². The predicted octanol–water partition coefficient (Wildman–Crippen LogP) is 5.85. The first-order valence-electron chi connectivity index (χ1n) is 8.33. The molecule has 0 fully saturated rings. The molecular weight excluding hydrogens is 397 g/mol. The number of carbonyl (C=O) groups is 1. The number of nitrogens with zero attached hydrogens (tertiary/aromatic N) is 2. The number of rotatable bonds is 4. The highest BCUT2D eigenvalue weighted by Crippen LogP contribution is 2.26. The standard InChI is InChI=1S/C21H13Cl2N3O2/c22-15-3-1-13(17(23)11-15)2-6-20(27)25-16-4-5-18-19(12-16)28-21(26-18)14-7-9-24-10-8-14/h1-12H,(H,25,27)/b6-2+. The third-order valence-electron chi connectivity index (χ3n) is 3.96. The SMILES string of the molecule is O=C(/C=C/c1ccc(Cl)cc1Cl)Nc1ccc2nc(-c3ccncc3)oc2c1. The number of amides is 1. The average Bonchev–Trinajstić information content (AvgIpc) is 3.11. The Labute approximate surface area is 170 Å². The van der Waals surface area contributed by atoms with Crippen molar-refractivity contribution in [2.24, 2.45) is 0 Å². The van der Waals surface area contributed by atoms with E-state index in [0.717, 1.165) is 5.56 Å². The second-order valence-corrected chi connectivity index (χ2v) is 6.77. The van der Waals surface area contributed by atoms with Gasteiger partial charge in [-0.3, -0.25) is 9.78 Å². The Hall–Kier alpha value is -3.15. The van der Waals surface area contributed by atoms with E-state index < -0.39 is 0 Å². The van der Waals surface area contributed by atoms with Gasteiger partial charge in [0, 0.05) is 45.8 Å². The van der Waals surface area contributed by atoms with Crippen LogP contribution in [0.1, 0.15) is 5.56 Å². The van der Waals surface area contributed by atoms with Crippen LogP contribution in [0.5, 0.6) is 0 Å². The van der Waals surface area contributed by atoms with Crippen molar-refractivity contribution in [3.05, 3.63) is 82.6 Å². The van der Waals surface area contributed by atoms with Gasteiger partial charge in [0.1, 0.15) is 5.52 Å². The first-order chi connectivity index (χ1) is 13.6. The van der Waals surface area contributed by atoms with Gasteiger partial charge in [0.15, 0.2) is 5.58 Å². The number of nitrogens with one attached hydrogen (secondary N) is 1. The van der Waals surface area contributed by atoms with Crippen LogP contribution in [-0.2, 0) is 4.79 Å². The fraction of sp³-hybridized carbons (Fsp3) is 0. The van der Waals surface area contributed by atoms with Crippen LogP contribution >= 0.6 is 23.2 Å². The smallest absolute Gasteiger partial charge is 0.248 e. The second kappa shape index (κ2) is 7.84. The lowest BCUT2D eigenvalue weighted by Crippen LogP contribution is -2.07. The largest absolute Gasteiger partial charge is 0.436 e. The number of fused-ring (bicyclic) bond motifs is 1. The van der Waals surface area contributed by atoms with Crippen LogP contribution in [0.15, 0.2) is 71.4 Å². The zero-order chi connectivity index (χ0) is 19.5. The highest BCUT2D eigenvalue weighted by atomic mass is 35.5. The predicted molar refractivity (Wildman–Crippen MR) is 111 cm³/mol. The van der Waals surface area contributed by atoms with Gasteiger partial charge in [0.25, 0.3) is 0 Å². The van der Waals surface area contributed by atoms with Crippen molar-refractivity contribution >= 4 is 52.0 Å². The molecule has 0 spiro atoms. The number of carbonyl (C=O) groups excluding carboxylic acids is 1. The van der Waals surface area contributed by atoms with Gasteiger partial charge in [-0.25, -0.2) is 4.98 Å². The first-order valence-corrected chi connectivity index (χ1v) is 9.09. The molecule has 4 rings (SSSR count). The number of pyridine rings is 1. The topological polar surface area (TPSA) is 68.0 Å². The molecule has 4 aromatic rings. The zero-order valence-electron chi connectivity index (χ0n) is 14.4. The Morgan fingerprint density at radius 2 is 1.86 bits per heavy atom. The molecule has 0 saturated heterocycles. The molecule has 0 aliphatic rings. The fourth-order valence-electron chi connectivity index (χ4n) is 2.61. The van der Waals surface area contributed by atoms with Gasteiger partial charge >= 0.3 is 0 Å². The molecule has 2 aromatic heterocycles. The molecule has 0 bridgehead atoms. The Kier molecular flexibility index (Phi) is 5.10. The van der Waals surface area contributed by atoms with Gasteiger partial charge in [-0.05, 0) is 48.0 Å². The van der Waals surface area contributed by atoms with Crippen LogP contribution in [0.3, 0.4) is 0 Å². The molecule has 138 valence electrons. The van der Waals surface area contributed by atoms with Crippen LogP contribution in [-0.4, -0.2) is 15.9 Å². The highest BCUT2D eigenvalue weighted by Gasteiger charge is 2.09. The van der Waals surface area contributed by atoms with Crippen molar-refractivity contribution in [3.8, 4) is 11.5 Å². The Bertz CT molecular complexity index is 1190. The molecule has 1 amide bonds. The Morgan fingerprint density at radius 3 is 2.64 bits per heavy atom. The van der Waals surface area contributed by atoms with Gasteiger partial charge < -0.3 is 9.73 Å². The van der Waals surface area contributed by atoms with Crippen LogP contribution < -0.4 is 5.32 Å².